The minimum atomic E-state index is -0.816. The summed E-state index contributed by atoms with van der Waals surface area (Å²) in [6.07, 6.45) is 1.28. The van der Waals surface area contributed by atoms with Gasteiger partial charge >= 0.3 is 5.97 Å². The quantitative estimate of drug-likeness (QED) is 0.814. The number of ether oxygens (including phenoxy) is 1. The average molecular weight is 212 g/mol. The van der Waals surface area contributed by atoms with Crippen molar-refractivity contribution in [2.45, 2.75) is 19.3 Å². The molecule has 1 rings (SSSR count). The first-order valence-electron chi connectivity index (χ1n) is 4.67. The number of carboxylic acid groups (broad SMARTS) is 1. The molecule has 0 amide bonds. The summed E-state index contributed by atoms with van der Waals surface area (Å²) in [4.78, 5) is 10.3. The average Bonchev–Trinajstić information content (AvgIpc) is 2.20. The number of hydrogen-bond acceptors (Lipinski definition) is 2. The van der Waals surface area contributed by atoms with E-state index in [1.165, 1.54) is 13.2 Å². The number of methoxy groups -OCH3 is 1. The van der Waals surface area contributed by atoms with Crippen LogP contribution in [0.3, 0.4) is 0 Å². The van der Waals surface area contributed by atoms with Gasteiger partial charge in [-0.15, -0.1) is 0 Å². The molecule has 0 aliphatic carbocycles. The first-order valence-corrected chi connectivity index (χ1v) is 4.67. The number of aryl methyl sites for hydroxylation is 1. The number of carbonyl (C=O) groups is 1. The molecule has 0 bridgehead atoms. The molecule has 0 saturated heterocycles. The van der Waals surface area contributed by atoms with Crippen LogP contribution in [0.25, 0.3) is 0 Å². The fourth-order valence-electron chi connectivity index (χ4n) is 1.30. The summed E-state index contributed by atoms with van der Waals surface area (Å²) < 4.78 is 17.8. The number of hydrogen-bond donors (Lipinski definition) is 1. The smallest absolute Gasteiger partial charge is 0.303 e. The summed E-state index contributed by atoms with van der Waals surface area (Å²) in [5.74, 6) is -1.02. The third-order valence-electron chi connectivity index (χ3n) is 2.07. The summed E-state index contributed by atoms with van der Waals surface area (Å²) >= 11 is 0. The third-order valence-corrected chi connectivity index (χ3v) is 2.07. The topological polar surface area (TPSA) is 46.5 Å². The van der Waals surface area contributed by atoms with Crippen LogP contribution in [0.4, 0.5) is 4.39 Å². The molecule has 4 heteroatoms. The molecule has 0 heterocycles. The van der Waals surface area contributed by atoms with E-state index in [0.717, 1.165) is 5.56 Å². The summed E-state index contributed by atoms with van der Waals surface area (Å²) in [6, 6.07) is 4.56. The molecule has 0 saturated carbocycles. The van der Waals surface area contributed by atoms with E-state index < -0.39 is 11.8 Å². The number of carboxylic acids is 1. The minimum Gasteiger partial charge on any atom is -0.494 e. The highest BCUT2D eigenvalue weighted by atomic mass is 19.1. The molecule has 3 nitrogen and oxygen atoms in total. The van der Waals surface area contributed by atoms with E-state index >= 15 is 0 Å². The maximum Gasteiger partial charge on any atom is 0.303 e. The normalized spacial score (nSPS) is 10.0. The second-order valence-electron chi connectivity index (χ2n) is 3.22. The molecule has 0 aliphatic heterocycles. The van der Waals surface area contributed by atoms with Crippen molar-refractivity contribution >= 4 is 5.97 Å². The van der Waals surface area contributed by atoms with Crippen molar-refractivity contribution in [2.24, 2.45) is 0 Å². The maximum absolute atomic E-state index is 13.0. The van der Waals surface area contributed by atoms with Gasteiger partial charge in [0, 0.05) is 6.42 Å². The van der Waals surface area contributed by atoms with Crippen LogP contribution >= 0.6 is 0 Å². The first-order chi connectivity index (χ1) is 7.13. The fraction of sp³-hybridized carbons (Fsp3) is 0.364. The Balaban J connectivity index is 2.58. The van der Waals surface area contributed by atoms with Crippen LogP contribution in [0.1, 0.15) is 18.4 Å². The van der Waals surface area contributed by atoms with Gasteiger partial charge in [-0.25, -0.2) is 4.39 Å². The second kappa shape index (κ2) is 5.34. The van der Waals surface area contributed by atoms with E-state index in [9.17, 15) is 9.18 Å². The zero-order chi connectivity index (χ0) is 11.3. The van der Waals surface area contributed by atoms with Crippen LogP contribution < -0.4 is 4.74 Å². The van der Waals surface area contributed by atoms with Crippen LogP contribution in [0.15, 0.2) is 18.2 Å². The molecule has 0 spiro atoms. The van der Waals surface area contributed by atoms with Crippen LogP contribution in [-0.2, 0) is 11.2 Å². The SMILES string of the molecule is COc1cc(CCCC(=O)O)ccc1F. The lowest BCUT2D eigenvalue weighted by molar-refractivity contribution is -0.137. The highest BCUT2D eigenvalue weighted by Crippen LogP contribution is 2.19. The number of benzene rings is 1. The highest BCUT2D eigenvalue weighted by molar-refractivity contribution is 5.66. The zero-order valence-electron chi connectivity index (χ0n) is 8.50. The van der Waals surface area contributed by atoms with Crippen molar-refractivity contribution in [3.8, 4) is 5.75 Å². The largest absolute Gasteiger partial charge is 0.494 e. The van der Waals surface area contributed by atoms with Crippen molar-refractivity contribution in [1.29, 1.82) is 0 Å². The van der Waals surface area contributed by atoms with Gasteiger partial charge in [0.15, 0.2) is 11.6 Å². The summed E-state index contributed by atoms with van der Waals surface area (Å²) in [7, 11) is 1.40. The van der Waals surface area contributed by atoms with Crippen molar-refractivity contribution in [1.82, 2.24) is 0 Å². The lowest BCUT2D eigenvalue weighted by Gasteiger charge is -2.04. The molecule has 82 valence electrons. The number of aliphatic carboxylic acids is 1. The van der Waals surface area contributed by atoms with Crippen molar-refractivity contribution in [2.75, 3.05) is 7.11 Å². The Morgan fingerprint density at radius 1 is 1.53 bits per heavy atom. The maximum atomic E-state index is 13.0. The monoisotopic (exact) mass is 212 g/mol. The van der Waals surface area contributed by atoms with Crippen LogP contribution in [0.2, 0.25) is 0 Å². The molecule has 0 fully saturated rings. The Bertz CT molecular complexity index is 350. The van der Waals surface area contributed by atoms with Gasteiger partial charge in [-0.2, -0.15) is 0 Å². The van der Waals surface area contributed by atoms with E-state index in [-0.39, 0.29) is 12.2 Å². The Morgan fingerprint density at radius 3 is 2.87 bits per heavy atom. The van der Waals surface area contributed by atoms with E-state index in [1.807, 2.05) is 0 Å². The molecule has 0 aromatic heterocycles. The van der Waals surface area contributed by atoms with Crippen LogP contribution in [0.5, 0.6) is 5.75 Å². The lowest BCUT2D eigenvalue weighted by atomic mass is 10.1. The van der Waals surface area contributed by atoms with Gasteiger partial charge in [-0.1, -0.05) is 6.07 Å². The molecule has 1 aromatic carbocycles. The highest BCUT2D eigenvalue weighted by Gasteiger charge is 2.04. The van der Waals surface area contributed by atoms with Gasteiger partial charge in [-0.05, 0) is 30.5 Å². The predicted octanol–water partition coefficient (Wildman–Crippen LogP) is 2.24. The van der Waals surface area contributed by atoms with Gasteiger partial charge in [-0.3, -0.25) is 4.79 Å². The molecule has 1 N–H and O–H groups in total. The van der Waals surface area contributed by atoms with Gasteiger partial charge < -0.3 is 9.84 Å². The molecule has 0 radical (unpaired) electrons. The van der Waals surface area contributed by atoms with Gasteiger partial charge in [0.25, 0.3) is 0 Å². The minimum absolute atomic E-state index is 0.125. The summed E-state index contributed by atoms with van der Waals surface area (Å²) in [5, 5.41) is 8.45. The standard InChI is InChI=1S/C11H13FO3/c1-15-10-7-8(5-6-9(10)12)3-2-4-11(13)14/h5-7H,2-4H2,1H3,(H,13,14). The van der Waals surface area contributed by atoms with Gasteiger partial charge in [0.05, 0.1) is 7.11 Å². The molecule has 15 heavy (non-hydrogen) atoms. The molecule has 0 unspecified atom stereocenters. The van der Waals surface area contributed by atoms with E-state index in [4.69, 9.17) is 9.84 Å². The summed E-state index contributed by atoms with van der Waals surface area (Å²) in [6.45, 7) is 0. The van der Waals surface area contributed by atoms with Gasteiger partial charge in [0.1, 0.15) is 0 Å². The van der Waals surface area contributed by atoms with Crippen molar-refractivity contribution in [3.05, 3.63) is 29.6 Å². The molecule has 1 aromatic rings. The second-order valence-corrected chi connectivity index (χ2v) is 3.22. The fourth-order valence-corrected chi connectivity index (χ4v) is 1.30. The van der Waals surface area contributed by atoms with Gasteiger partial charge in [0.2, 0.25) is 0 Å². The van der Waals surface area contributed by atoms with E-state index in [2.05, 4.69) is 0 Å². The predicted molar refractivity (Wildman–Crippen MR) is 53.5 cm³/mol. The van der Waals surface area contributed by atoms with Crippen LogP contribution in [-0.4, -0.2) is 18.2 Å². The van der Waals surface area contributed by atoms with Crippen LogP contribution in [0, 0.1) is 5.82 Å². The third kappa shape index (κ3) is 3.58. The molecule has 0 aliphatic rings. The summed E-state index contributed by atoms with van der Waals surface area (Å²) in [5.41, 5.74) is 0.884. The molecular formula is C11H13FO3. The first kappa shape index (κ1) is 11.5. The Labute approximate surface area is 87.5 Å². The molecular weight excluding hydrogens is 199 g/mol. The Hall–Kier alpha value is -1.58. The van der Waals surface area contributed by atoms with Crippen molar-refractivity contribution < 1.29 is 19.0 Å². The Kier molecular flexibility index (Phi) is 4.09. The molecule has 0 atom stereocenters. The number of rotatable bonds is 5. The zero-order valence-corrected chi connectivity index (χ0v) is 8.50. The number of halogens is 1. The van der Waals surface area contributed by atoms with E-state index in [1.54, 1.807) is 12.1 Å². The van der Waals surface area contributed by atoms with E-state index in [0.29, 0.717) is 12.8 Å². The lowest BCUT2D eigenvalue weighted by Crippen LogP contribution is -1.96. The van der Waals surface area contributed by atoms with Crippen molar-refractivity contribution in [3.63, 3.8) is 0 Å². The Morgan fingerprint density at radius 2 is 2.27 bits per heavy atom.